The third-order valence-electron chi connectivity index (χ3n) is 3.35. The molecule has 0 rings (SSSR count). The molecule has 0 N–H and O–H groups in total. The van der Waals surface area contributed by atoms with Gasteiger partial charge in [0.05, 0.1) is 6.61 Å². The van der Waals surface area contributed by atoms with Gasteiger partial charge in [0.25, 0.3) is 0 Å². The van der Waals surface area contributed by atoms with Crippen LogP contribution in [0.5, 0.6) is 0 Å². The first-order chi connectivity index (χ1) is 10.8. The monoisotopic (exact) mass is 306 g/mol. The number of carbonyl (C=O) groups excluding carboxylic acids is 1. The van der Waals surface area contributed by atoms with Crippen LogP contribution in [0.4, 0.5) is 0 Å². The summed E-state index contributed by atoms with van der Waals surface area (Å²) in [6.07, 6.45) is 25.2. The zero-order valence-electron chi connectivity index (χ0n) is 14.6. The van der Waals surface area contributed by atoms with Crippen molar-refractivity contribution in [3.05, 3.63) is 36.5 Å². The van der Waals surface area contributed by atoms with Crippen molar-refractivity contribution in [2.24, 2.45) is 0 Å². The van der Waals surface area contributed by atoms with Crippen molar-refractivity contribution < 1.29 is 9.53 Å². The molecule has 0 aliphatic carbocycles. The predicted molar refractivity (Wildman–Crippen MR) is 95.9 cm³/mol. The summed E-state index contributed by atoms with van der Waals surface area (Å²) in [6, 6.07) is 0. The minimum atomic E-state index is -0.168. The van der Waals surface area contributed by atoms with Gasteiger partial charge in [-0.1, -0.05) is 69.1 Å². The molecular weight excluding hydrogens is 272 g/mol. The number of hydrogen-bond donors (Lipinski definition) is 0. The maximum atomic E-state index is 10.6. The molecule has 0 aliphatic rings. The molecule has 0 saturated heterocycles. The van der Waals surface area contributed by atoms with Gasteiger partial charge in [-0.25, -0.2) is 0 Å². The average molecular weight is 306 g/mol. The molecule has 2 heteroatoms. The Morgan fingerprint density at radius 3 is 1.95 bits per heavy atom. The van der Waals surface area contributed by atoms with Crippen LogP contribution in [0.1, 0.15) is 78.1 Å². The fourth-order valence-electron chi connectivity index (χ4n) is 2.11. The minimum absolute atomic E-state index is 0.168. The van der Waals surface area contributed by atoms with Crippen LogP contribution in [0.3, 0.4) is 0 Å². The molecule has 2 nitrogen and oxygen atoms in total. The molecular formula is C20H34O2. The lowest BCUT2D eigenvalue weighted by Crippen LogP contribution is -1.99. The zero-order valence-corrected chi connectivity index (χ0v) is 14.6. The van der Waals surface area contributed by atoms with Crippen molar-refractivity contribution in [2.45, 2.75) is 78.1 Å². The van der Waals surface area contributed by atoms with Gasteiger partial charge in [0.1, 0.15) is 0 Å². The second-order valence-corrected chi connectivity index (χ2v) is 5.54. The summed E-state index contributed by atoms with van der Waals surface area (Å²) in [5, 5.41) is 0. The zero-order chi connectivity index (χ0) is 16.3. The van der Waals surface area contributed by atoms with Crippen LogP contribution < -0.4 is 0 Å². The number of carbonyl (C=O) groups is 1. The summed E-state index contributed by atoms with van der Waals surface area (Å²) in [4.78, 5) is 10.6. The van der Waals surface area contributed by atoms with Crippen LogP contribution in [-0.2, 0) is 9.53 Å². The lowest BCUT2D eigenvalue weighted by atomic mass is 10.1. The van der Waals surface area contributed by atoms with E-state index in [-0.39, 0.29) is 5.97 Å². The van der Waals surface area contributed by atoms with Crippen LogP contribution in [-0.4, -0.2) is 12.6 Å². The normalized spacial score (nSPS) is 11.9. The molecule has 0 heterocycles. The SMILES string of the molecule is CC/C=C\C/C=C\C/C=C\CCCCCCCCOC(C)=O. The van der Waals surface area contributed by atoms with E-state index in [1.165, 1.54) is 45.4 Å². The first kappa shape index (κ1) is 20.7. The number of allylic oxidation sites excluding steroid dienone is 6. The molecule has 0 bridgehead atoms. The van der Waals surface area contributed by atoms with Gasteiger partial charge in [0.15, 0.2) is 0 Å². The molecule has 0 spiro atoms. The molecule has 0 aromatic rings. The van der Waals surface area contributed by atoms with Gasteiger partial charge in [-0.05, 0) is 38.5 Å². The third kappa shape index (κ3) is 18.7. The molecule has 0 unspecified atom stereocenters. The first-order valence-corrected chi connectivity index (χ1v) is 8.85. The Labute approximate surface area is 137 Å². The second-order valence-electron chi connectivity index (χ2n) is 5.54. The third-order valence-corrected chi connectivity index (χ3v) is 3.35. The van der Waals surface area contributed by atoms with Crippen molar-refractivity contribution in [1.29, 1.82) is 0 Å². The van der Waals surface area contributed by atoms with Crippen molar-refractivity contribution in [2.75, 3.05) is 6.61 Å². The summed E-state index contributed by atoms with van der Waals surface area (Å²) in [5.41, 5.74) is 0. The lowest BCUT2D eigenvalue weighted by Gasteiger charge is -2.01. The molecule has 22 heavy (non-hydrogen) atoms. The van der Waals surface area contributed by atoms with Crippen LogP contribution >= 0.6 is 0 Å². The van der Waals surface area contributed by atoms with E-state index in [1.54, 1.807) is 0 Å². The van der Waals surface area contributed by atoms with E-state index in [1.807, 2.05) is 0 Å². The molecule has 0 fully saturated rings. The van der Waals surface area contributed by atoms with E-state index in [4.69, 9.17) is 4.74 Å². The average Bonchev–Trinajstić information content (AvgIpc) is 2.50. The van der Waals surface area contributed by atoms with Gasteiger partial charge in [0, 0.05) is 6.92 Å². The van der Waals surface area contributed by atoms with E-state index in [9.17, 15) is 4.79 Å². The van der Waals surface area contributed by atoms with E-state index in [0.717, 1.165) is 25.7 Å². The summed E-state index contributed by atoms with van der Waals surface area (Å²) >= 11 is 0. The van der Waals surface area contributed by atoms with Gasteiger partial charge in [-0.3, -0.25) is 4.79 Å². The van der Waals surface area contributed by atoms with E-state index >= 15 is 0 Å². The first-order valence-electron chi connectivity index (χ1n) is 8.85. The molecule has 0 amide bonds. The summed E-state index contributed by atoms with van der Waals surface area (Å²) in [7, 11) is 0. The van der Waals surface area contributed by atoms with E-state index in [2.05, 4.69) is 43.4 Å². The van der Waals surface area contributed by atoms with Crippen LogP contribution in [0.15, 0.2) is 36.5 Å². The second kappa shape index (κ2) is 17.7. The van der Waals surface area contributed by atoms with Gasteiger partial charge < -0.3 is 4.74 Å². The minimum Gasteiger partial charge on any atom is -0.466 e. The highest BCUT2D eigenvalue weighted by molar-refractivity contribution is 5.65. The highest BCUT2D eigenvalue weighted by Gasteiger charge is 1.93. The summed E-state index contributed by atoms with van der Waals surface area (Å²) in [5.74, 6) is -0.168. The number of ether oxygens (including phenoxy) is 1. The van der Waals surface area contributed by atoms with Crippen molar-refractivity contribution in [3.63, 3.8) is 0 Å². The highest BCUT2D eigenvalue weighted by atomic mass is 16.5. The van der Waals surface area contributed by atoms with E-state index < -0.39 is 0 Å². The molecule has 0 aromatic carbocycles. The Morgan fingerprint density at radius 1 is 0.773 bits per heavy atom. The Morgan fingerprint density at radius 2 is 1.32 bits per heavy atom. The molecule has 0 radical (unpaired) electrons. The number of esters is 1. The van der Waals surface area contributed by atoms with Gasteiger partial charge in [0.2, 0.25) is 0 Å². The lowest BCUT2D eigenvalue weighted by molar-refractivity contribution is -0.141. The summed E-state index contributed by atoms with van der Waals surface area (Å²) in [6.45, 7) is 4.21. The van der Waals surface area contributed by atoms with Crippen LogP contribution in [0.25, 0.3) is 0 Å². The Kier molecular flexibility index (Phi) is 16.7. The van der Waals surface area contributed by atoms with Crippen LogP contribution in [0.2, 0.25) is 0 Å². The summed E-state index contributed by atoms with van der Waals surface area (Å²) < 4.78 is 4.90. The predicted octanol–water partition coefficient (Wildman–Crippen LogP) is 6.14. The number of unbranched alkanes of at least 4 members (excludes halogenated alkanes) is 6. The van der Waals surface area contributed by atoms with Crippen molar-refractivity contribution >= 4 is 5.97 Å². The molecule has 126 valence electrons. The number of hydrogen-bond acceptors (Lipinski definition) is 2. The maximum absolute atomic E-state index is 10.6. The molecule has 0 atom stereocenters. The Bertz CT molecular complexity index is 327. The topological polar surface area (TPSA) is 26.3 Å². The van der Waals surface area contributed by atoms with Crippen molar-refractivity contribution in [3.8, 4) is 0 Å². The van der Waals surface area contributed by atoms with Gasteiger partial charge in [-0.2, -0.15) is 0 Å². The quantitative estimate of drug-likeness (QED) is 0.219. The fraction of sp³-hybridized carbons (Fsp3) is 0.650. The molecule has 0 aliphatic heterocycles. The van der Waals surface area contributed by atoms with Gasteiger partial charge in [-0.15, -0.1) is 0 Å². The highest BCUT2D eigenvalue weighted by Crippen LogP contribution is 2.08. The maximum Gasteiger partial charge on any atom is 0.302 e. The standard InChI is InChI=1S/C20H34O2/c1-3-4-5-6-7-8-9-10-11-12-13-14-15-16-17-18-19-22-20(2)21/h4-5,7-8,10-11H,3,6,9,12-19H2,1-2H3/b5-4-,8-7-,11-10-. The largest absolute Gasteiger partial charge is 0.466 e. The van der Waals surface area contributed by atoms with Crippen LogP contribution in [0, 0.1) is 0 Å². The number of rotatable bonds is 14. The van der Waals surface area contributed by atoms with E-state index in [0.29, 0.717) is 6.61 Å². The fourth-order valence-corrected chi connectivity index (χ4v) is 2.11. The Hall–Kier alpha value is -1.31. The molecule has 0 aromatic heterocycles. The smallest absolute Gasteiger partial charge is 0.302 e. The Balaban J connectivity index is 3.20. The van der Waals surface area contributed by atoms with Gasteiger partial charge >= 0.3 is 5.97 Å². The van der Waals surface area contributed by atoms with Crippen molar-refractivity contribution in [1.82, 2.24) is 0 Å². The molecule has 0 saturated carbocycles.